The van der Waals surface area contributed by atoms with Crippen molar-refractivity contribution in [1.29, 1.82) is 0 Å². The summed E-state index contributed by atoms with van der Waals surface area (Å²) in [5.41, 5.74) is 0. The largest absolute Gasteiger partial charge is 0.481 e. The van der Waals surface area contributed by atoms with E-state index in [0.29, 0.717) is 12.8 Å². The van der Waals surface area contributed by atoms with Gasteiger partial charge in [0.25, 0.3) is 0 Å². The van der Waals surface area contributed by atoms with Gasteiger partial charge in [-0.2, -0.15) is 0 Å². The van der Waals surface area contributed by atoms with Crippen molar-refractivity contribution in [1.82, 2.24) is 15.1 Å². The van der Waals surface area contributed by atoms with Crippen molar-refractivity contribution in [2.24, 2.45) is 5.92 Å². The molecule has 0 spiro atoms. The van der Waals surface area contributed by atoms with Crippen LogP contribution in [-0.4, -0.2) is 66.2 Å². The lowest BCUT2D eigenvalue weighted by molar-refractivity contribution is -0.142. The Kier molecular flexibility index (Phi) is 5.45. The Hall–Kier alpha value is -1.30. The summed E-state index contributed by atoms with van der Waals surface area (Å²) in [7, 11) is 3.95. The minimum atomic E-state index is -0.706. The highest BCUT2D eigenvalue weighted by Gasteiger charge is 2.29. The van der Waals surface area contributed by atoms with Crippen LogP contribution in [0, 0.1) is 5.92 Å². The fraction of sp³-hybridized carbons (Fsp3) is 0.867. The Morgan fingerprint density at radius 3 is 2.43 bits per heavy atom. The molecule has 2 N–H and O–H groups in total. The van der Waals surface area contributed by atoms with Crippen LogP contribution in [0.4, 0.5) is 4.79 Å². The third kappa shape index (κ3) is 4.33. The van der Waals surface area contributed by atoms with E-state index in [2.05, 4.69) is 17.3 Å². The van der Waals surface area contributed by atoms with E-state index < -0.39 is 5.97 Å². The highest BCUT2D eigenvalue weighted by Crippen LogP contribution is 2.24. The Bertz CT molecular complexity index is 380. The van der Waals surface area contributed by atoms with Gasteiger partial charge in [0.05, 0.1) is 5.92 Å². The van der Waals surface area contributed by atoms with Crippen LogP contribution < -0.4 is 5.32 Å². The topological polar surface area (TPSA) is 72.9 Å². The maximum Gasteiger partial charge on any atom is 0.317 e. The van der Waals surface area contributed by atoms with Gasteiger partial charge in [-0.15, -0.1) is 0 Å². The number of carboxylic acid groups (broad SMARTS) is 1. The van der Waals surface area contributed by atoms with Crippen LogP contribution in [0.15, 0.2) is 0 Å². The third-order valence-corrected chi connectivity index (χ3v) is 4.87. The first-order chi connectivity index (χ1) is 9.97. The van der Waals surface area contributed by atoms with Crippen LogP contribution in [-0.2, 0) is 4.79 Å². The van der Waals surface area contributed by atoms with Gasteiger partial charge in [0, 0.05) is 25.7 Å². The molecule has 21 heavy (non-hydrogen) atoms. The number of carbonyl (C=O) groups is 2. The van der Waals surface area contributed by atoms with Crippen molar-refractivity contribution >= 4 is 12.0 Å². The van der Waals surface area contributed by atoms with E-state index in [0.717, 1.165) is 38.8 Å². The first-order valence-corrected chi connectivity index (χ1v) is 7.92. The lowest BCUT2D eigenvalue weighted by atomic mass is 9.86. The van der Waals surface area contributed by atoms with Crippen molar-refractivity contribution in [3.05, 3.63) is 0 Å². The summed E-state index contributed by atoms with van der Waals surface area (Å²) in [5.74, 6) is -0.940. The average Bonchev–Trinajstić information content (AvgIpc) is 2.47. The zero-order chi connectivity index (χ0) is 15.4. The molecule has 1 saturated heterocycles. The Morgan fingerprint density at radius 2 is 1.86 bits per heavy atom. The molecule has 0 aromatic rings. The second-order valence-electron chi connectivity index (χ2n) is 6.51. The summed E-state index contributed by atoms with van der Waals surface area (Å²) in [6.45, 7) is 2.03. The molecule has 0 radical (unpaired) electrons. The summed E-state index contributed by atoms with van der Waals surface area (Å²) in [4.78, 5) is 27.3. The lowest BCUT2D eigenvalue weighted by Crippen LogP contribution is -2.52. The molecule has 1 heterocycles. The number of likely N-dealkylation sites (N-methyl/N-ethyl adjacent to an activating group) is 2. The number of nitrogens with zero attached hydrogens (tertiary/aromatic N) is 2. The van der Waals surface area contributed by atoms with Crippen molar-refractivity contribution < 1.29 is 14.7 Å². The van der Waals surface area contributed by atoms with Crippen LogP contribution >= 0.6 is 0 Å². The molecule has 1 unspecified atom stereocenters. The molecule has 6 nitrogen and oxygen atoms in total. The second-order valence-corrected chi connectivity index (χ2v) is 6.51. The molecule has 2 aliphatic rings. The number of piperidine rings is 1. The zero-order valence-electron chi connectivity index (χ0n) is 13.0. The number of carboxylic acids is 1. The molecule has 120 valence electrons. The van der Waals surface area contributed by atoms with Gasteiger partial charge in [-0.25, -0.2) is 4.79 Å². The number of amides is 2. The van der Waals surface area contributed by atoms with E-state index in [9.17, 15) is 9.59 Å². The molecular weight excluding hydrogens is 270 g/mol. The number of nitrogens with one attached hydrogen (secondary N) is 1. The SMILES string of the molecule is CN1CCCC(N(C)C(=O)NC2CCC(C(=O)O)CC2)C1. The van der Waals surface area contributed by atoms with Crippen LogP contribution in [0.1, 0.15) is 38.5 Å². The summed E-state index contributed by atoms with van der Waals surface area (Å²) >= 11 is 0. The molecule has 1 aliphatic carbocycles. The van der Waals surface area contributed by atoms with E-state index in [-0.39, 0.29) is 24.0 Å². The minimum Gasteiger partial charge on any atom is -0.481 e. The summed E-state index contributed by atoms with van der Waals surface area (Å²) in [6.07, 6.45) is 5.04. The Labute approximate surface area is 126 Å². The number of likely N-dealkylation sites (tertiary alicyclic amines) is 1. The van der Waals surface area contributed by atoms with Crippen LogP contribution in [0.3, 0.4) is 0 Å². The van der Waals surface area contributed by atoms with Crippen molar-refractivity contribution in [2.75, 3.05) is 27.2 Å². The number of carbonyl (C=O) groups excluding carboxylic acids is 1. The molecule has 1 atom stereocenters. The first-order valence-electron chi connectivity index (χ1n) is 7.92. The molecule has 1 saturated carbocycles. The Balaban J connectivity index is 1.77. The molecular formula is C15H27N3O3. The predicted octanol–water partition coefficient (Wildman–Crippen LogP) is 1.37. The highest BCUT2D eigenvalue weighted by molar-refractivity contribution is 5.75. The van der Waals surface area contributed by atoms with Crippen LogP contribution in [0.25, 0.3) is 0 Å². The normalized spacial score (nSPS) is 30.7. The van der Waals surface area contributed by atoms with Gasteiger partial charge in [0.1, 0.15) is 0 Å². The van der Waals surface area contributed by atoms with Gasteiger partial charge in [-0.1, -0.05) is 0 Å². The molecule has 2 amide bonds. The van der Waals surface area contributed by atoms with E-state index in [1.807, 2.05) is 11.9 Å². The zero-order valence-corrected chi connectivity index (χ0v) is 13.0. The fourth-order valence-corrected chi connectivity index (χ4v) is 3.38. The van der Waals surface area contributed by atoms with E-state index in [1.54, 1.807) is 0 Å². The molecule has 0 aromatic heterocycles. The van der Waals surface area contributed by atoms with Crippen LogP contribution in [0.5, 0.6) is 0 Å². The summed E-state index contributed by atoms with van der Waals surface area (Å²) in [5, 5.41) is 12.1. The lowest BCUT2D eigenvalue weighted by Gasteiger charge is -2.37. The number of aliphatic carboxylic acids is 1. The first kappa shape index (κ1) is 16.1. The van der Waals surface area contributed by atoms with E-state index >= 15 is 0 Å². The number of hydrogen-bond acceptors (Lipinski definition) is 3. The number of hydrogen-bond donors (Lipinski definition) is 2. The van der Waals surface area contributed by atoms with Crippen molar-refractivity contribution in [3.8, 4) is 0 Å². The molecule has 1 aliphatic heterocycles. The molecule has 2 fully saturated rings. The van der Waals surface area contributed by atoms with Gasteiger partial charge in [0.2, 0.25) is 0 Å². The molecule has 0 aromatic carbocycles. The smallest absolute Gasteiger partial charge is 0.317 e. The summed E-state index contributed by atoms with van der Waals surface area (Å²) < 4.78 is 0. The van der Waals surface area contributed by atoms with Crippen molar-refractivity contribution in [2.45, 2.75) is 50.6 Å². The number of urea groups is 1. The third-order valence-electron chi connectivity index (χ3n) is 4.87. The van der Waals surface area contributed by atoms with Gasteiger partial charge in [0.15, 0.2) is 0 Å². The van der Waals surface area contributed by atoms with E-state index in [4.69, 9.17) is 5.11 Å². The maximum atomic E-state index is 12.3. The van der Waals surface area contributed by atoms with Crippen molar-refractivity contribution in [3.63, 3.8) is 0 Å². The molecule has 2 rings (SSSR count). The van der Waals surface area contributed by atoms with Gasteiger partial charge in [-0.05, 0) is 52.1 Å². The Morgan fingerprint density at radius 1 is 1.19 bits per heavy atom. The maximum absolute atomic E-state index is 12.3. The fourth-order valence-electron chi connectivity index (χ4n) is 3.38. The van der Waals surface area contributed by atoms with Gasteiger partial charge >= 0.3 is 12.0 Å². The van der Waals surface area contributed by atoms with Crippen LogP contribution in [0.2, 0.25) is 0 Å². The molecule has 0 bridgehead atoms. The van der Waals surface area contributed by atoms with Gasteiger partial charge in [-0.3, -0.25) is 4.79 Å². The highest BCUT2D eigenvalue weighted by atomic mass is 16.4. The quantitative estimate of drug-likeness (QED) is 0.825. The average molecular weight is 297 g/mol. The predicted molar refractivity (Wildman–Crippen MR) is 80.2 cm³/mol. The monoisotopic (exact) mass is 297 g/mol. The minimum absolute atomic E-state index is 0.0194. The second kappa shape index (κ2) is 7.11. The standard InChI is InChI=1S/C15H27N3O3/c1-17-9-3-4-13(10-17)18(2)15(21)16-12-7-5-11(6-8-12)14(19)20/h11-13H,3-10H2,1-2H3,(H,16,21)(H,19,20). The van der Waals surface area contributed by atoms with Gasteiger partial charge < -0.3 is 20.2 Å². The summed E-state index contributed by atoms with van der Waals surface area (Å²) in [6, 6.07) is 0.380. The number of rotatable bonds is 3. The van der Waals surface area contributed by atoms with E-state index in [1.165, 1.54) is 0 Å². The molecule has 6 heteroatoms.